The highest BCUT2D eigenvalue weighted by Crippen LogP contribution is 2.24. The van der Waals surface area contributed by atoms with E-state index >= 15 is 0 Å². The van der Waals surface area contributed by atoms with Crippen LogP contribution in [0.2, 0.25) is 0 Å². The van der Waals surface area contributed by atoms with Crippen molar-refractivity contribution in [2.45, 2.75) is 51.5 Å². The summed E-state index contributed by atoms with van der Waals surface area (Å²) < 4.78 is 0. The lowest BCUT2D eigenvalue weighted by atomic mass is 10.1. The van der Waals surface area contributed by atoms with Gasteiger partial charge in [0.05, 0.1) is 5.92 Å². The number of carbonyl (C=O) groups is 3. The maximum atomic E-state index is 13.1. The summed E-state index contributed by atoms with van der Waals surface area (Å²) in [7, 11) is 0. The Hall–Kier alpha value is -3.35. The molecule has 0 aliphatic carbocycles. The Morgan fingerprint density at radius 3 is 2.57 bits per heavy atom. The second kappa shape index (κ2) is 11.9. The number of rotatable bonds is 10. The molecule has 0 bridgehead atoms. The molecule has 35 heavy (non-hydrogen) atoms. The maximum Gasteiger partial charge on any atom is 0.246 e. The van der Waals surface area contributed by atoms with E-state index in [1.807, 2.05) is 55.5 Å². The van der Waals surface area contributed by atoms with Gasteiger partial charge in [0.2, 0.25) is 17.7 Å². The lowest BCUT2D eigenvalue weighted by Gasteiger charge is -2.22. The molecule has 186 valence electrons. The van der Waals surface area contributed by atoms with Crippen LogP contribution in [0.5, 0.6) is 0 Å². The van der Waals surface area contributed by atoms with Gasteiger partial charge in [0.25, 0.3) is 0 Å². The zero-order chi connectivity index (χ0) is 24.6. The third-order valence-electron chi connectivity index (χ3n) is 6.89. The maximum absolute atomic E-state index is 13.1. The van der Waals surface area contributed by atoms with Gasteiger partial charge in [-0.25, -0.2) is 0 Å². The van der Waals surface area contributed by atoms with Crippen molar-refractivity contribution in [3.05, 3.63) is 60.2 Å². The Balaban J connectivity index is 1.32. The van der Waals surface area contributed by atoms with Crippen molar-refractivity contribution in [1.82, 2.24) is 10.2 Å². The largest absolute Gasteiger partial charge is 0.371 e. The molecule has 2 aromatic rings. The summed E-state index contributed by atoms with van der Waals surface area (Å²) in [6.45, 7) is 5.06. The first-order valence-corrected chi connectivity index (χ1v) is 12.8. The molecular weight excluding hydrogens is 440 g/mol. The van der Waals surface area contributed by atoms with E-state index in [9.17, 15) is 14.4 Å². The van der Waals surface area contributed by atoms with Gasteiger partial charge in [-0.2, -0.15) is 0 Å². The van der Waals surface area contributed by atoms with Crippen LogP contribution in [0.4, 0.5) is 11.4 Å². The fourth-order valence-corrected chi connectivity index (χ4v) is 4.90. The first-order valence-electron chi connectivity index (χ1n) is 12.8. The molecular formula is C28H36N4O3. The minimum absolute atomic E-state index is 0.00342. The second-order valence-corrected chi connectivity index (χ2v) is 9.56. The van der Waals surface area contributed by atoms with E-state index in [1.165, 1.54) is 18.4 Å². The molecule has 4 rings (SSSR count). The van der Waals surface area contributed by atoms with Crippen molar-refractivity contribution in [3.8, 4) is 0 Å². The van der Waals surface area contributed by atoms with Gasteiger partial charge in [-0.1, -0.05) is 49.7 Å². The third-order valence-corrected chi connectivity index (χ3v) is 6.89. The van der Waals surface area contributed by atoms with Crippen LogP contribution < -0.4 is 15.5 Å². The highest BCUT2D eigenvalue weighted by molar-refractivity contribution is 5.98. The highest BCUT2D eigenvalue weighted by Gasteiger charge is 2.35. The van der Waals surface area contributed by atoms with E-state index in [0.717, 1.165) is 37.3 Å². The molecule has 2 unspecified atom stereocenters. The van der Waals surface area contributed by atoms with Gasteiger partial charge in [-0.15, -0.1) is 0 Å². The van der Waals surface area contributed by atoms with Crippen LogP contribution in [0.1, 0.15) is 44.6 Å². The van der Waals surface area contributed by atoms with Gasteiger partial charge >= 0.3 is 0 Å². The summed E-state index contributed by atoms with van der Waals surface area (Å²) in [5.74, 6) is -0.871. The normalized spacial score (nSPS) is 18.5. The first kappa shape index (κ1) is 24.8. The molecule has 0 aromatic heterocycles. The number of nitrogens with one attached hydrogen (secondary N) is 2. The van der Waals surface area contributed by atoms with Crippen molar-refractivity contribution in [2.75, 3.05) is 36.4 Å². The van der Waals surface area contributed by atoms with E-state index in [4.69, 9.17) is 0 Å². The topological polar surface area (TPSA) is 81.8 Å². The predicted octanol–water partition coefficient (Wildman–Crippen LogP) is 3.60. The number of carbonyl (C=O) groups excluding carboxylic acids is 3. The minimum atomic E-state index is -0.628. The lowest BCUT2D eigenvalue weighted by molar-refractivity contribution is -0.130. The Morgan fingerprint density at radius 2 is 1.83 bits per heavy atom. The predicted molar refractivity (Wildman–Crippen MR) is 138 cm³/mol. The first-order chi connectivity index (χ1) is 17.0. The highest BCUT2D eigenvalue weighted by atomic mass is 16.2. The van der Waals surface area contributed by atoms with Gasteiger partial charge in [-0.3, -0.25) is 14.4 Å². The molecule has 2 saturated heterocycles. The van der Waals surface area contributed by atoms with Crippen LogP contribution in [0.3, 0.4) is 0 Å². The monoisotopic (exact) mass is 476 g/mol. The summed E-state index contributed by atoms with van der Waals surface area (Å²) >= 11 is 0. The molecule has 0 spiro atoms. The zero-order valence-electron chi connectivity index (χ0n) is 20.5. The van der Waals surface area contributed by atoms with Gasteiger partial charge in [0.15, 0.2) is 0 Å². The molecule has 2 N–H and O–H groups in total. The summed E-state index contributed by atoms with van der Waals surface area (Å²) in [6.07, 6.45) is 4.64. The van der Waals surface area contributed by atoms with E-state index in [-0.39, 0.29) is 24.1 Å². The third kappa shape index (κ3) is 6.62. The molecule has 7 heteroatoms. The number of nitrogens with zero attached hydrogens (tertiary/aromatic N) is 2. The number of likely N-dealkylation sites (tertiary alicyclic amines) is 1. The molecule has 2 atom stereocenters. The number of hydrogen-bond donors (Lipinski definition) is 2. The SMILES string of the molecule is CCCC(NC(=O)C1CC(=O)N(CCc2ccccc2)C1)C(=O)Nc1cccc(N2CCCC2)c1. The second-order valence-electron chi connectivity index (χ2n) is 9.56. The molecule has 3 amide bonds. The fourth-order valence-electron chi connectivity index (χ4n) is 4.90. The van der Waals surface area contributed by atoms with Crippen LogP contribution >= 0.6 is 0 Å². The Kier molecular flexibility index (Phi) is 8.40. The van der Waals surface area contributed by atoms with Crippen LogP contribution in [-0.2, 0) is 20.8 Å². The molecule has 2 fully saturated rings. The molecule has 2 aliphatic heterocycles. The minimum Gasteiger partial charge on any atom is -0.371 e. The number of hydrogen-bond acceptors (Lipinski definition) is 4. The Morgan fingerprint density at radius 1 is 1.06 bits per heavy atom. The van der Waals surface area contributed by atoms with Crippen LogP contribution in [0, 0.1) is 5.92 Å². The summed E-state index contributed by atoms with van der Waals surface area (Å²) in [6, 6.07) is 17.3. The summed E-state index contributed by atoms with van der Waals surface area (Å²) in [5, 5.41) is 5.91. The Bertz CT molecular complexity index is 1020. The van der Waals surface area contributed by atoms with E-state index in [2.05, 4.69) is 21.6 Å². The fraction of sp³-hybridized carbons (Fsp3) is 0.464. The van der Waals surface area contributed by atoms with Crippen LogP contribution in [-0.4, -0.2) is 54.8 Å². The van der Waals surface area contributed by atoms with Crippen molar-refractivity contribution in [3.63, 3.8) is 0 Å². The number of anilines is 2. The van der Waals surface area contributed by atoms with Crippen molar-refractivity contribution >= 4 is 29.1 Å². The quantitative estimate of drug-likeness (QED) is 0.549. The lowest BCUT2D eigenvalue weighted by Crippen LogP contribution is -2.46. The zero-order valence-corrected chi connectivity index (χ0v) is 20.5. The van der Waals surface area contributed by atoms with Gasteiger partial charge < -0.3 is 20.4 Å². The molecule has 2 aromatic carbocycles. The smallest absolute Gasteiger partial charge is 0.246 e. The summed E-state index contributed by atoms with van der Waals surface area (Å²) in [5.41, 5.74) is 3.01. The van der Waals surface area contributed by atoms with Crippen LogP contribution in [0.15, 0.2) is 54.6 Å². The van der Waals surface area contributed by atoms with E-state index < -0.39 is 12.0 Å². The summed E-state index contributed by atoms with van der Waals surface area (Å²) in [4.78, 5) is 42.6. The van der Waals surface area contributed by atoms with E-state index in [0.29, 0.717) is 19.5 Å². The van der Waals surface area contributed by atoms with Crippen molar-refractivity contribution in [1.29, 1.82) is 0 Å². The molecule has 0 radical (unpaired) electrons. The average Bonchev–Trinajstić information content (AvgIpc) is 3.53. The number of amides is 3. The van der Waals surface area contributed by atoms with Crippen molar-refractivity contribution < 1.29 is 14.4 Å². The van der Waals surface area contributed by atoms with Gasteiger partial charge in [0.1, 0.15) is 6.04 Å². The molecule has 2 aliphatic rings. The molecule has 7 nitrogen and oxygen atoms in total. The van der Waals surface area contributed by atoms with Crippen molar-refractivity contribution in [2.24, 2.45) is 5.92 Å². The molecule has 0 saturated carbocycles. The standard InChI is InChI=1S/C28H36N4O3/c1-2-9-25(28(35)29-23-12-8-13-24(19-23)31-15-6-7-16-31)30-27(34)22-18-26(33)32(20-22)17-14-21-10-4-3-5-11-21/h3-5,8,10-13,19,22,25H,2,6-7,9,14-18,20H2,1H3,(H,29,35)(H,30,34). The number of benzene rings is 2. The van der Waals surface area contributed by atoms with Crippen LogP contribution in [0.25, 0.3) is 0 Å². The molecule has 2 heterocycles. The average molecular weight is 477 g/mol. The Labute approximate surface area is 207 Å². The van der Waals surface area contributed by atoms with Gasteiger partial charge in [-0.05, 0) is 49.4 Å². The van der Waals surface area contributed by atoms with Gasteiger partial charge in [0, 0.05) is 44.0 Å². The van der Waals surface area contributed by atoms with E-state index in [1.54, 1.807) is 4.90 Å².